The van der Waals surface area contributed by atoms with E-state index in [2.05, 4.69) is 17.6 Å². The zero-order valence-corrected chi connectivity index (χ0v) is 6.70. The van der Waals surface area contributed by atoms with Crippen molar-refractivity contribution >= 4 is 31.8 Å². The van der Waals surface area contributed by atoms with Crippen molar-refractivity contribution < 1.29 is 0 Å². The quantitative estimate of drug-likeness (QED) is 0.420. The molecular weight excluding hydrogens is 146 g/mol. The van der Waals surface area contributed by atoms with E-state index < -0.39 is 0 Å². The first-order chi connectivity index (χ1) is 3.30. The molecule has 4 heteroatoms. The Morgan fingerprint density at radius 1 is 1.29 bits per heavy atom. The normalized spacial score (nSPS) is 22.7. The molecule has 1 saturated heterocycles. The SMILES string of the molecule is CC(C)N1SSS1. The molecule has 1 rings (SSSR count). The van der Waals surface area contributed by atoms with E-state index >= 15 is 0 Å². The summed E-state index contributed by atoms with van der Waals surface area (Å²) < 4.78 is 2.27. The van der Waals surface area contributed by atoms with Crippen molar-refractivity contribution in [1.29, 1.82) is 0 Å². The van der Waals surface area contributed by atoms with Crippen molar-refractivity contribution in [3.63, 3.8) is 0 Å². The average Bonchev–Trinajstić information content (AvgIpc) is 1.23. The van der Waals surface area contributed by atoms with Gasteiger partial charge in [-0.15, -0.1) is 0 Å². The van der Waals surface area contributed by atoms with Gasteiger partial charge in [0.1, 0.15) is 0 Å². The van der Waals surface area contributed by atoms with Gasteiger partial charge in [-0.1, -0.05) is 0 Å². The summed E-state index contributed by atoms with van der Waals surface area (Å²) in [5.74, 6) is 0. The van der Waals surface area contributed by atoms with Gasteiger partial charge < -0.3 is 0 Å². The third kappa shape index (κ3) is 1.45. The summed E-state index contributed by atoms with van der Waals surface area (Å²) in [4.78, 5) is 0. The van der Waals surface area contributed by atoms with Crippen LogP contribution in [0.2, 0.25) is 0 Å². The summed E-state index contributed by atoms with van der Waals surface area (Å²) >= 11 is 0. The number of nitrogens with zero attached hydrogens (tertiary/aromatic N) is 1. The minimum atomic E-state index is 0.691. The molecule has 0 aromatic rings. The van der Waals surface area contributed by atoms with Crippen molar-refractivity contribution in [2.24, 2.45) is 0 Å². The molecule has 0 bridgehead atoms. The highest BCUT2D eigenvalue weighted by Gasteiger charge is 2.20. The Labute approximate surface area is 55.7 Å². The van der Waals surface area contributed by atoms with Gasteiger partial charge in [-0.05, 0) is 13.8 Å². The third-order valence-corrected chi connectivity index (χ3v) is 5.33. The van der Waals surface area contributed by atoms with Crippen molar-refractivity contribution in [2.45, 2.75) is 19.9 Å². The molecule has 0 aliphatic carbocycles. The lowest BCUT2D eigenvalue weighted by Gasteiger charge is -2.28. The summed E-state index contributed by atoms with van der Waals surface area (Å²) in [6.45, 7) is 4.39. The second kappa shape index (κ2) is 2.53. The molecular formula is C3H7NS3. The lowest BCUT2D eigenvalue weighted by atomic mass is 10.4. The standard InChI is InChI=1S/C3H7NS3/c1-3(2)4-5-7-6-4/h3H,1-2H3. The fourth-order valence-corrected chi connectivity index (χ4v) is 3.32. The minimum absolute atomic E-state index is 0.691. The smallest absolute Gasteiger partial charge is 0.0275 e. The summed E-state index contributed by atoms with van der Waals surface area (Å²) in [6, 6.07) is 0.691. The zero-order valence-electron chi connectivity index (χ0n) is 4.25. The van der Waals surface area contributed by atoms with Gasteiger partial charge in [-0.25, -0.2) is 0 Å². The van der Waals surface area contributed by atoms with Crippen LogP contribution in [-0.4, -0.2) is 9.75 Å². The highest BCUT2D eigenvalue weighted by atomic mass is 33.5. The highest BCUT2D eigenvalue weighted by molar-refractivity contribution is 9.15. The van der Waals surface area contributed by atoms with E-state index in [1.807, 2.05) is 31.8 Å². The van der Waals surface area contributed by atoms with E-state index in [9.17, 15) is 0 Å². The molecule has 1 fully saturated rings. The highest BCUT2D eigenvalue weighted by Crippen LogP contribution is 2.55. The van der Waals surface area contributed by atoms with Gasteiger partial charge in [0.25, 0.3) is 0 Å². The molecule has 0 amide bonds. The van der Waals surface area contributed by atoms with Crippen molar-refractivity contribution in [2.75, 3.05) is 0 Å². The number of hydrogen-bond acceptors (Lipinski definition) is 4. The van der Waals surface area contributed by atoms with Crippen LogP contribution >= 0.6 is 31.8 Å². The molecule has 0 N–H and O–H groups in total. The first kappa shape index (κ1) is 6.13. The Hall–Kier alpha value is 1.01. The molecule has 42 valence electrons. The zero-order chi connectivity index (χ0) is 5.28. The Morgan fingerprint density at radius 3 is 1.86 bits per heavy atom. The van der Waals surface area contributed by atoms with E-state index in [0.717, 1.165) is 0 Å². The van der Waals surface area contributed by atoms with E-state index in [4.69, 9.17) is 0 Å². The topological polar surface area (TPSA) is 3.24 Å². The second-order valence-electron chi connectivity index (χ2n) is 1.60. The fourth-order valence-electron chi connectivity index (χ4n) is 0.238. The molecule has 0 unspecified atom stereocenters. The lowest BCUT2D eigenvalue weighted by molar-refractivity contribution is 0.607. The first-order valence-electron chi connectivity index (χ1n) is 2.11. The van der Waals surface area contributed by atoms with Crippen LogP contribution in [0.4, 0.5) is 0 Å². The van der Waals surface area contributed by atoms with Gasteiger partial charge >= 0.3 is 0 Å². The summed E-state index contributed by atoms with van der Waals surface area (Å²) in [5, 5.41) is 0. The van der Waals surface area contributed by atoms with Crippen LogP contribution in [-0.2, 0) is 0 Å². The third-order valence-electron chi connectivity index (χ3n) is 0.629. The molecule has 7 heavy (non-hydrogen) atoms. The largest absolute Gasteiger partial charge is 0.171 e. The van der Waals surface area contributed by atoms with Crippen molar-refractivity contribution in [1.82, 2.24) is 3.71 Å². The summed E-state index contributed by atoms with van der Waals surface area (Å²) in [5.41, 5.74) is 0. The van der Waals surface area contributed by atoms with Crippen LogP contribution in [0.3, 0.4) is 0 Å². The van der Waals surface area contributed by atoms with Crippen LogP contribution in [0.5, 0.6) is 0 Å². The summed E-state index contributed by atoms with van der Waals surface area (Å²) in [7, 11) is 5.49. The summed E-state index contributed by atoms with van der Waals surface area (Å²) in [6.07, 6.45) is 0. The van der Waals surface area contributed by atoms with Crippen LogP contribution in [0.1, 0.15) is 13.8 Å². The molecule has 0 radical (unpaired) electrons. The van der Waals surface area contributed by atoms with Crippen molar-refractivity contribution in [3.05, 3.63) is 0 Å². The van der Waals surface area contributed by atoms with Crippen LogP contribution < -0.4 is 0 Å². The van der Waals surface area contributed by atoms with Crippen LogP contribution in [0.25, 0.3) is 0 Å². The van der Waals surface area contributed by atoms with Gasteiger partial charge in [0.05, 0.1) is 0 Å². The molecule has 0 atom stereocenters. The minimum Gasteiger partial charge on any atom is -0.171 e. The van der Waals surface area contributed by atoms with Gasteiger partial charge in [0.15, 0.2) is 0 Å². The molecule has 0 saturated carbocycles. The Morgan fingerprint density at radius 2 is 1.86 bits per heavy atom. The predicted octanol–water partition coefficient (Wildman–Crippen LogP) is 2.57. The molecule has 1 heterocycles. The monoisotopic (exact) mass is 153 g/mol. The maximum absolute atomic E-state index is 2.27. The maximum Gasteiger partial charge on any atom is 0.0275 e. The fraction of sp³-hybridized carbons (Fsp3) is 1.00. The number of rotatable bonds is 1. The Balaban J connectivity index is 2.14. The molecule has 1 aliphatic rings. The maximum atomic E-state index is 2.27. The molecule has 1 aliphatic heterocycles. The second-order valence-corrected chi connectivity index (χ2v) is 5.58. The van der Waals surface area contributed by atoms with E-state index in [-0.39, 0.29) is 0 Å². The number of hydrogen-bond donors (Lipinski definition) is 0. The lowest BCUT2D eigenvalue weighted by Crippen LogP contribution is -2.17. The molecule has 0 aromatic heterocycles. The molecule has 0 spiro atoms. The van der Waals surface area contributed by atoms with Crippen LogP contribution in [0.15, 0.2) is 0 Å². The average molecular weight is 153 g/mol. The first-order valence-corrected chi connectivity index (χ1v) is 5.51. The Kier molecular flexibility index (Phi) is 2.21. The Bertz CT molecular complexity index is 61.2. The molecule has 0 aromatic carbocycles. The van der Waals surface area contributed by atoms with E-state index in [1.165, 1.54) is 0 Å². The van der Waals surface area contributed by atoms with Gasteiger partial charge in [-0.3, -0.25) is 0 Å². The van der Waals surface area contributed by atoms with Crippen molar-refractivity contribution in [3.8, 4) is 0 Å². The van der Waals surface area contributed by atoms with Gasteiger partial charge in [0, 0.05) is 37.8 Å². The van der Waals surface area contributed by atoms with Crippen LogP contribution in [0, 0.1) is 0 Å². The predicted molar refractivity (Wildman–Crippen MR) is 39.7 cm³/mol. The van der Waals surface area contributed by atoms with Gasteiger partial charge in [-0.2, -0.15) is 3.71 Å². The van der Waals surface area contributed by atoms with Gasteiger partial charge in [0.2, 0.25) is 0 Å². The van der Waals surface area contributed by atoms with E-state index in [1.54, 1.807) is 0 Å². The molecule has 1 nitrogen and oxygen atoms in total. The van der Waals surface area contributed by atoms with E-state index in [0.29, 0.717) is 6.04 Å².